The summed E-state index contributed by atoms with van der Waals surface area (Å²) in [5.41, 5.74) is 2.27. The predicted molar refractivity (Wildman–Crippen MR) is 73.4 cm³/mol. The molecule has 1 aliphatic rings. The van der Waals surface area contributed by atoms with Crippen LogP contribution in [0.25, 0.3) is 16.5 Å². The summed E-state index contributed by atoms with van der Waals surface area (Å²) in [7, 11) is 1.86. The van der Waals surface area contributed by atoms with E-state index in [4.69, 9.17) is 0 Å². The third-order valence-corrected chi connectivity index (χ3v) is 3.73. The highest BCUT2D eigenvalue weighted by atomic mass is 19.4. The van der Waals surface area contributed by atoms with Gasteiger partial charge in [-0.3, -0.25) is 0 Å². The normalized spacial score (nSPS) is 16.5. The molecule has 2 nitrogen and oxygen atoms in total. The van der Waals surface area contributed by atoms with Gasteiger partial charge in [0.05, 0.1) is 5.56 Å². The highest BCUT2D eigenvalue weighted by Gasteiger charge is 2.31. The van der Waals surface area contributed by atoms with E-state index in [9.17, 15) is 13.2 Å². The van der Waals surface area contributed by atoms with Crippen LogP contribution in [0.15, 0.2) is 30.5 Å². The van der Waals surface area contributed by atoms with Gasteiger partial charge in [-0.15, -0.1) is 0 Å². The van der Waals surface area contributed by atoms with E-state index >= 15 is 0 Å². The first-order valence-corrected chi connectivity index (χ1v) is 6.53. The lowest BCUT2D eigenvalue weighted by atomic mass is 9.98. The second-order valence-electron chi connectivity index (χ2n) is 5.07. The maximum atomic E-state index is 12.9. The molecule has 0 saturated heterocycles. The first-order chi connectivity index (χ1) is 9.47. The fourth-order valence-electron chi connectivity index (χ4n) is 2.69. The molecule has 0 aliphatic carbocycles. The summed E-state index contributed by atoms with van der Waals surface area (Å²) in [6.45, 7) is 1.63. The van der Waals surface area contributed by atoms with Crippen molar-refractivity contribution >= 4 is 16.5 Å². The molecule has 0 radical (unpaired) electrons. The number of hydrogen-bond donors (Lipinski definition) is 1. The van der Waals surface area contributed by atoms with Gasteiger partial charge in [-0.25, -0.2) is 0 Å². The summed E-state index contributed by atoms with van der Waals surface area (Å²) >= 11 is 0. The van der Waals surface area contributed by atoms with Gasteiger partial charge in [0.15, 0.2) is 0 Å². The van der Waals surface area contributed by atoms with Crippen molar-refractivity contribution in [3.8, 4) is 0 Å². The number of halogens is 3. The van der Waals surface area contributed by atoms with Crippen LogP contribution in [-0.2, 0) is 13.2 Å². The van der Waals surface area contributed by atoms with E-state index < -0.39 is 11.7 Å². The van der Waals surface area contributed by atoms with E-state index in [1.807, 2.05) is 17.8 Å². The molecule has 1 aromatic carbocycles. The molecule has 0 fully saturated rings. The lowest BCUT2D eigenvalue weighted by Gasteiger charge is -2.13. The Labute approximate surface area is 114 Å². The van der Waals surface area contributed by atoms with Gasteiger partial charge in [0, 0.05) is 36.3 Å². The number of aromatic nitrogens is 1. The van der Waals surface area contributed by atoms with Gasteiger partial charge in [-0.2, -0.15) is 13.2 Å². The topological polar surface area (TPSA) is 17.0 Å². The molecule has 0 unspecified atom stereocenters. The van der Waals surface area contributed by atoms with Crippen LogP contribution in [0.1, 0.15) is 17.5 Å². The Morgan fingerprint density at radius 2 is 2.05 bits per heavy atom. The quantitative estimate of drug-likeness (QED) is 0.845. The molecule has 1 N–H and O–H groups in total. The van der Waals surface area contributed by atoms with Gasteiger partial charge in [-0.1, -0.05) is 6.08 Å². The van der Waals surface area contributed by atoms with E-state index in [0.717, 1.165) is 42.2 Å². The summed E-state index contributed by atoms with van der Waals surface area (Å²) in [6.07, 6.45) is 0.514. The molecule has 2 heterocycles. The monoisotopic (exact) mass is 280 g/mol. The van der Waals surface area contributed by atoms with Crippen molar-refractivity contribution in [2.24, 2.45) is 7.05 Å². The van der Waals surface area contributed by atoms with Crippen molar-refractivity contribution in [3.63, 3.8) is 0 Å². The lowest BCUT2D eigenvalue weighted by molar-refractivity contribution is -0.137. The molecule has 106 valence electrons. The molecule has 0 amide bonds. The first kappa shape index (κ1) is 13.2. The van der Waals surface area contributed by atoms with Crippen molar-refractivity contribution in [1.82, 2.24) is 9.88 Å². The summed E-state index contributed by atoms with van der Waals surface area (Å²) in [5, 5.41) is 3.89. The Bertz CT molecular complexity index is 680. The third-order valence-electron chi connectivity index (χ3n) is 3.73. The molecule has 0 atom stereocenters. The summed E-state index contributed by atoms with van der Waals surface area (Å²) in [6, 6.07) is 3.94. The van der Waals surface area contributed by atoms with Crippen molar-refractivity contribution in [2.45, 2.75) is 12.6 Å². The first-order valence-electron chi connectivity index (χ1n) is 6.53. The molecular formula is C15H15F3N2. The van der Waals surface area contributed by atoms with Crippen molar-refractivity contribution in [1.29, 1.82) is 0 Å². The van der Waals surface area contributed by atoms with Gasteiger partial charge in [0.1, 0.15) is 0 Å². The zero-order chi connectivity index (χ0) is 14.3. The van der Waals surface area contributed by atoms with Crippen molar-refractivity contribution in [3.05, 3.63) is 41.6 Å². The summed E-state index contributed by atoms with van der Waals surface area (Å²) < 4.78 is 40.5. The number of nitrogens with one attached hydrogen (secondary N) is 1. The van der Waals surface area contributed by atoms with Gasteiger partial charge < -0.3 is 9.88 Å². The van der Waals surface area contributed by atoms with Crippen LogP contribution >= 0.6 is 0 Å². The van der Waals surface area contributed by atoms with Crippen LogP contribution in [0, 0.1) is 0 Å². The second kappa shape index (κ2) is 4.66. The molecule has 0 bridgehead atoms. The molecule has 1 aliphatic heterocycles. The summed E-state index contributed by atoms with van der Waals surface area (Å²) in [4.78, 5) is 0. The molecule has 0 spiro atoms. The minimum absolute atomic E-state index is 0.591. The number of rotatable bonds is 1. The lowest BCUT2D eigenvalue weighted by Crippen LogP contribution is -2.19. The molecule has 3 rings (SSSR count). The van der Waals surface area contributed by atoms with Crippen LogP contribution in [0.2, 0.25) is 0 Å². The van der Waals surface area contributed by atoms with E-state index in [0.29, 0.717) is 5.39 Å². The van der Waals surface area contributed by atoms with E-state index in [2.05, 4.69) is 11.4 Å². The maximum absolute atomic E-state index is 12.9. The zero-order valence-corrected chi connectivity index (χ0v) is 11.1. The van der Waals surface area contributed by atoms with Gasteiger partial charge in [0.2, 0.25) is 0 Å². The minimum atomic E-state index is -4.30. The Morgan fingerprint density at radius 1 is 1.25 bits per heavy atom. The van der Waals surface area contributed by atoms with E-state index in [-0.39, 0.29) is 0 Å². The molecule has 2 aromatic rings. The van der Waals surface area contributed by atoms with Crippen LogP contribution in [0.3, 0.4) is 0 Å². The fourth-order valence-corrected chi connectivity index (χ4v) is 2.69. The van der Waals surface area contributed by atoms with Gasteiger partial charge >= 0.3 is 6.18 Å². The predicted octanol–water partition coefficient (Wildman–Crippen LogP) is 3.57. The van der Waals surface area contributed by atoms with Gasteiger partial charge in [0.25, 0.3) is 0 Å². The van der Waals surface area contributed by atoms with E-state index in [1.165, 1.54) is 6.07 Å². The Kier molecular flexibility index (Phi) is 3.09. The number of fused-ring (bicyclic) bond motifs is 1. The molecule has 20 heavy (non-hydrogen) atoms. The average molecular weight is 280 g/mol. The number of alkyl halides is 3. The molecule has 1 aromatic heterocycles. The van der Waals surface area contributed by atoms with Crippen LogP contribution in [-0.4, -0.2) is 17.7 Å². The Hall–Kier alpha value is -1.75. The van der Waals surface area contributed by atoms with Crippen LogP contribution in [0.5, 0.6) is 0 Å². The van der Waals surface area contributed by atoms with Crippen LogP contribution < -0.4 is 5.32 Å². The Balaban J connectivity index is 2.19. The zero-order valence-electron chi connectivity index (χ0n) is 11.1. The number of nitrogens with zero attached hydrogens (tertiary/aromatic N) is 1. The highest BCUT2D eigenvalue weighted by molar-refractivity contribution is 5.93. The van der Waals surface area contributed by atoms with E-state index in [1.54, 1.807) is 6.07 Å². The molecular weight excluding hydrogens is 265 g/mol. The smallest absolute Gasteiger partial charge is 0.350 e. The maximum Gasteiger partial charge on any atom is 0.416 e. The molecule has 0 saturated carbocycles. The standard InChI is InChI=1S/C15H15F3N2/c1-20-9-13(10-4-6-19-7-5-10)12-8-11(15(16,17)18)2-3-14(12)20/h2-4,8-9,19H,5-7H2,1H3. The van der Waals surface area contributed by atoms with Gasteiger partial charge in [-0.05, 0) is 36.7 Å². The number of hydrogen-bond acceptors (Lipinski definition) is 1. The average Bonchev–Trinajstić information content (AvgIpc) is 2.76. The largest absolute Gasteiger partial charge is 0.416 e. The Morgan fingerprint density at radius 3 is 2.70 bits per heavy atom. The highest BCUT2D eigenvalue weighted by Crippen LogP contribution is 2.35. The molecule has 5 heteroatoms. The number of aryl methyl sites for hydroxylation is 1. The van der Waals surface area contributed by atoms with Crippen LogP contribution in [0.4, 0.5) is 13.2 Å². The minimum Gasteiger partial charge on any atom is -0.350 e. The third kappa shape index (κ3) is 2.22. The summed E-state index contributed by atoms with van der Waals surface area (Å²) in [5.74, 6) is 0. The second-order valence-corrected chi connectivity index (χ2v) is 5.07. The fraction of sp³-hybridized carbons (Fsp3) is 0.333. The number of benzene rings is 1. The SMILES string of the molecule is Cn1cc(C2=CCNCC2)c2cc(C(F)(F)F)ccc21. The van der Waals surface area contributed by atoms with Crippen molar-refractivity contribution in [2.75, 3.05) is 13.1 Å². The van der Waals surface area contributed by atoms with Crippen molar-refractivity contribution < 1.29 is 13.2 Å².